The van der Waals surface area contributed by atoms with Crippen molar-refractivity contribution >= 4 is 46.4 Å². The maximum absolute atomic E-state index is 12.4. The summed E-state index contributed by atoms with van der Waals surface area (Å²) in [6.07, 6.45) is 3.63. The fourth-order valence-electron chi connectivity index (χ4n) is 2.81. The first-order valence-electron chi connectivity index (χ1n) is 8.23. The molecule has 1 aliphatic rings. The lowest BCUT2D eigenvalue weighted by Crippen LogP contribution is -2.29. The SMILES string of the molecule is Cl.O=C(Nc1nnc(-c2ccccc2Cl)s1)c1cn(C2CCNCC2)nn1. The Labute approximate surface area is 170 Å². The van der Waals surface area contributed by atoms with Crippen molar-refractivity contribution < 1.29 is 4.79 Å². The Bertz CT molecular complexity index is 923. The van der Waals surface area contributed by atoms with E-state index in [1.54, 1.807) is 16.9 Å². The summed E-state index contributed by atoms with van der Waals surface area (Å²) in [5.41, 5.74) is 1.04. The van der Waals surface area contributed by atoms with Gasteiger partial charge in [-0.1, -0.05) is 46.4 Å². The van der Waals surface area contributed by atoms with Gasteiger partial charge >= 0.3 is 0 Å². The van der Waals surface area contributed by atoms with E-state index in [1.807, 2.05) is 18.2 Å². The van der Waals surface area contributed by atoms with Gasteiger partial charge in [-0.2, -0.15) is 0 Å². The van der Waals surface area contributed by atoms with Crippen LogP contribution in [0.2, 0.25) is 5.02 Å². The summed E-state index contributed by atoms with van der Waals surface area (Å²) < 4.78 is 1.77. The number of nitrogens with zero attached hydrogens (tertiary/aromatic N) is 5. The lowest BCUT2D eigenvalue weighted by molar-refractivity contribution is 0.102. The van der Waals surface area contributed by atoms with E-state index >= 15 is 0 Å². The highest BCUT2D eigenvalue weighted by Crippen LogP contribution is 2.31. The molecule has 11 heteroatoms. The Morgan fingerprint density at radius 2 is 2.00 bits per heavy atom. The molecule has 0 spiro atoms. The van der Waals surface area contributed by atoms with Crippen LogP contribution in [0.4, 0.5) is 5.13 Å². The minimum absolute atomic E-state index is 0. The number of anilines is 1. The van der Waals surface area contributed by atoms with Gasteiger partial charge in [0.25, 0.3) is 5.91 Å². The van der Waals surface area contributed by atoms with Crippen LogP contribution in [0.15, 0.2) is 30.5 Å². The molecule has 3 heterocycles. The Kier molecular flexibility index (Phi) is 6.38. The molecule has 3 aromatic rings. The first-order chi connectivity index (χ1) is 12.7. The van der Waals surface area contributed by atoms with E-state index in [1.165, 1.54) is 11.3 Å². The topological polar surface area (TPSA) is 97.6 Å². The van der Waals surface area contributed by atoms with Gasteiger partial charge in [0.1, 0.15) is 0 Å². The minimum atomic E-state index is -0.355. The monoisotopic (exact) mass is 425 g/mol. The van der Waals surface area contributed by atoms with Crippen molar-refractivity contribution in [3.8, 4) is 10.6 Å². The normalized spacial score (nSPS) is 14.6. The number of hydrogen-bond donors (Lipinski definition) is 2. The minimum Gasteiger partial charge on any atom is -0.317 e. The highest BCUT2D eigenvalue weighted by atomic mass is 35.5. The molecule has 27 heavy (non-hydrogen) atoms. The van der Waals surface area contributed by atoms with Crippen LogP contribution in [0.25, 0.3) is 10.6 Å². The second kappa shape index (κ2) is 8.75. The molecule has 0 atom stereocenters. The van der Waals surface area contributed by atoms with Crippen molar-refractivity contribution in [1.29, 1.82) is 0 Å². The second-order valence-corrected chi connectivity index (χ2v) is 7.30. The van der Waals surface area contributed by atoms with Crippen molar-refractivity contribution in [3.63, 3.8) is 0 Å². The zero-order chi connectivity index (χ0) is 17.9. The molecule has 1 aromatic carbocycles. The quantitative estimate of drug-likeness (QED) is 0.666. The van der Waals surface area contributed by atoms with Crippen molar-refractivity contribution in [2.24, 2.45) is 0 Å². The van der Waals surface area contributed by atoms with Gasteiger partial charge in [-0.15, -0.1) is 27.7 Å². The molecule has 142 valence electrons. The van der Waals surface area contributed by atoms with Crippen molar-refractivity contribution in [1.82, 2.24) is 30.5 Å². The molecule has 0 unspecified atom stereocenters. The van der Waals surface area contributed by atoms with E-state index < -0.39 is 0 Å². The first kappa shape index (κ1) is 19.7. The Hall–Kier alpha value is -2.07. The van der Waals surface area contributed by atoms with Gasteiger partial charge in [-0.25, -0.2) is 4.68 Å². The molecule has 0 bridgehead atoms. The van der Waals surface area contributed by atoms with Crippen molar-refractivity contribution in [2.75, 3.05) is 18.4 Å². The van der Waals surface area contributed by atoms with Crippen LogP contribution >= 0.6 is 35.3 Å². The molecule has 1 aliphatic heterocycles. The first-order valence-corrected chi connectivity index (χ1v) is 9.42. The van der Waals surface area contributed by atoms with Gasteiger partial charge < -0.3 is 5.32 Å². The number of carbonyl (C=O) groups excluding carboxylic acids is 1. The summed E-state index contributed by atoms with van der Waals surface area (Å²) in [7, 11) is 0. The summed E-state index contributed by atoms with van der Waals surface area (Å²) in [4.78, 5) is 12.4. The summed E-state index contributed by atoms with van der Waals surface area (Å²) in [5, 5.41) is 23.8. The third kappa shape index (κ3) is 4.44. The third-order valence-corrected chi connectivity index (χ3v) is 5.38. The number of halogens is 2. The zero-order valence-corrected chi connectivity index (χ0v) is 16.5. The third-order valence-electron chi connectivity index (χ3n) is 4.18. The van der Waals surface area contributed by atoms with Crippen LogP contribution in [0.3, 0.4) is 0 Å². The van der Waals surface area contributed by atoms with E-state index in [-0.39, 0.29) is 30.0 Å². The van der Waals surface area contributed by atoms with Crippen LogP contribution in [-0.4, -0.2) is 44.2 Å². The summed E-state index contributed by atoms with van der Waals surface area (Å²) in [5.74, 6) is -0.355. The summed E-state index contributed by atoms with van der Waals surface area (Å²) in [6.45, 7) is 1.89. The number of aromatic nitrogens is 5. The number of piperidine rings is 1. The maximum Gasteiger partial charge on any atom is 0.279 e. The van der Waals surface area contributed by atoms with Gasteiger partial charge in [-0.3, -0.25) is 10.1 Å². The number of amides is 1. The second-order valence-electron chi connectivity index (χ2n) is 5.91. The molecule has 0 aliphatic carbocycles. The van der Waals surface area contributed by atoms with E-state index in [9.17, 15) is 4.79 Å². The standard InChI is InChI=1S/C16H16ClN7OS.ClH/c17-12-4-2-1-3-11(12)15-21-22-16(26-15)19-14(25)13-9-24(23-20-13)10-5-7-18-8-6-10;/h1-4,9-10,18H,5-8H2,(H,19,22,25);1H. The van der Waals surface area contributed by atoms with Crippen molar-refractivity contribution in [3.05, 3.63) is 41.2 Å². The number of hydrogen-bond acceptors (Lipinski definition) is 7. The maximum atomic E-state index is 12.4. The number of benzene rings is 1. The molecule has 2 aromatic heterocycles. The largest absolute Gasteiger partial charge is 0.317 e. The molecular formula is C16H17Cl2N7OS. The van der Waals surface area contributed by atoms with E-state index in [4.69, 9.17) is 11.6 Å². The van der Waals surface area contributed by atoms with Crippen molar-refractivity contribution in [2.45, 2.75) is 18.9 Å². The molecule has 8 nitrogen and oxygen atoms in total. The summed E-state index contributed by atoms with van der Waals surface area (Å²) >= 11 is 7.43. The van der Waals surface area contributed by atoms with Gasteiger partial charge in [0.15, 0.2) is 10.7 Å². The number of rotatable bonds is 4. The highest BCUT2D eigenvalue weighted by Gasteiger charge is 2.20. The molecule has 1 fully saturated rings. The number of nitrogens with one attached hydrogen (secondary N) is 2. The zero-order valence-electron chi connectivity index (χ0n) is 14.1. The Balaban J connectivity index is 0.00000210. The van der Waals surface area contributed by atoms with Crippen LogP contribution in [0.5, 0.6) is 0 Å². The number of carbonyl (C=O) groups is 1. The predicted octanol–water partition coefficient (Wildman–Crippen LogP) is 3.05. The summed E-state index contributed by atoms with van der Waals surface area (Å²) in [6, 6.07) is 7.65. The average molecular weight is 426 g/mol. The fraction of sp³-hybridized carbons (Fsp3) is 0.312. The molecule has 1 saturated heterocycles. The van der Waals surface area contributed by atoms with Gasteiger partial charge in [0.2, 0.25) is 5.13 Å². The molecule has 2 N–H and O–H groups in total. The van der Waals surface area contributed by atoms with Crippen LogP contribution < -0.4 is 10.6 Å². The van der Waals surface area contributed by atoms with E-state index in [2.05, 4.69) is 31.1 Å². The van der Waals surface area contributed by atoms with Crippen LogP contribution in [-0.2, 0) is 0 Å². The predicted molar refractivity (Wildman–Crippen MR) is 107 cm³/mol. The van der Waals surface area contributed by atoms with Gasteiger partial charge in [0.05, 0.1) is 17.3 Å². The Morgan fingerprint density at radius 3 is 2.78 bits per heavy atom. The molecular weight excluding hydrogens is 409 g/mol. The van der Waals surface area contributed by atoms with E-state index in [0.29, 0.717) is 15.2 Å². The van der Waals surface area contributed by atoms with E-state index in [0.717, 1.165) is 31.5 Å². The van der Waals surface area contributed by atoms with Gasteiger partial charge in [-0.05, 0) is 32.0 Å². The highest BCUT2D eigenvalue weighted by molar-refractivity contribution is 7.18. The lowest BCUT2D eigenvalue weighted by Gasteiger charge is -2.21. The molecule has 0 radical (unpaired) electrons. The molecule has 1 amide bonds. The van der Waals surface area contributed by atoms with Crippen LogP contribution in [0, 0.1) is 0 Å². The lowest BCUT2D eigenvalue weighted by atomic mass is 10.1. The average Bonchev–Trinajstić information content (AvgIpc) is 3.33. The Morgan fingerprint density at radius 1 is 1.22 bits per heavy atom. The molecule has 4 rings (SSSR count). The van der Waals surface area contributed by atoms with Gasteiger partial charge in [0, 0.05) is 5.56 Å². The smallest absolute Gasteiger partial charge is 0.279 e. The van der Waals surface area contributed by atoms with Crippen LogP contribution in [0.1, 0.15) is 29.4 Å². The fourth-order valence-corrected chi connectivity index (χ4v) is 3.87. The molecule has 0 saturated carbocycles.